The first-order chi connectivity index (χ1) is 37.9. The highest BCUT2D eigenvalue weighted by Crippen LogP contribution is 2.45. The molecule has 0 amide bonds. The van der Waals surface area contributed by atoms with Crippen LogP contribution in [0.25, 0.3) is 0 Å². The van der Waals surface area contributed by atoms with Crippen molar-refractivity contribution in [2.45, 2.75) is 310 Å². The van der Waals surface area contributed by atoms with Gasteiger partial charge in [-0.25, -0.2) is 9.13 Å². The number of esters is 4. The van der Waals surface area contributed by atoms with Gasteiger partial charge in [0.25, 0.3) is 0 Å². The van der Waals surface area contributed by atoms with Crippen LogP contribution in [-0.4, -0.2) is 96.7 Å². The number of hydrogen-bond acceptors (Lipinski definition) is 15. The molecule has 0 fully saturated rings. The molecular weight excluding hydrogens is 1050 g/mol. The zero-order valence-corrected chi connectivity index (χ0v) is 52.4. The summed E-state index contributed by atoms with van der Waals surface area (Å²) in [5.74, 6) is -0.743. The quantitative estimate of drug-likeness (QED) is 0.0222. The van der Waals surface area contributed by atoms with Crippen LogP contribution in [0.15, 0.2) is 0 Å². The van der Waals surface area contributed by atoms with E-state index in [0.29, 0.717) is 37.5 Å². The molecule has 0 spiro atoms. The molecule has 0 bridgehead atoms. The minimum atomic E-state index is -4.94. The first-order valence-corrected chi connectivity index (χ1v) is 34.5. The average Bonchev–Trinajstić information content (AvgIpc) is 3.40. The first-order valence-electron chi connectivity index (χ1n) is 31.5. The van der Waals surface area contributed by atoms with Crippen LogP contribution in [-0.2, 0) is 65.4 Å². The van der Waals surface area contributed by atoms with Gasteiger partial charge in [-0.15, -0.1) is 0 Å². The molecule has 0 aromatic carbocycles. The highest BCUT2D eigenvalue weighted by atomic mass is 31.2. The van der Waals surface area contributed by atoms with Gasteiger partial charge in [0.05, 0.1) is 26.4 Å². The second-order valence-corrected chi connectivity index (χ2v) is 25.6. The van der Waals surface area contributed by atoms with Crippen molar-refractivity contribution in [3.63, 3.8) is 0 Å². The van der Waals surface area contributed by atoms with Crippen LogP contribution < -0.4 is 0 Å². The lowest BCUT2D eigenvalue weighted by Crippen LogP contribution is -2.30. The van der Waals surface area contributed by atoms with E-state index in [2.05, 4.69) is 41.5 Å². The normalized spacial score (nSPS) is 14.4. The largest absolute Gasteiger partial charge is 0.472 e. The Kier molecular flexibility index (Phi) is 51.5. The summed E-state index contributed by atoms with van der Waals surface area (Å²) in [7, 11) is -9.87. The predicted molar refractivity (Wildman–Crippen MR) is 312 cm³/mol. The van der Waals surface area contributed by atoms with E-state index in [1.165, 1.54) is 103 Å². The first kappa shape index (κ1) is 77.1. The van der Waals surface area contributed by atoms with Crippen LogP contribution in [0.2, 0.25) is 0 Å². The third kappa shape index (κ3) is 55.0. The molecule has 0 aromatic rings. The summed E-state index contributed by atoms with van der Waals surface area (Å²) in [4.78, 5) is 71.9. The highest BCUT2D eigenvalue weighted by molar-refractivity contribution is 7.47. The zero-order chi connectivity index (χ0) is 58.7. The minimum absolute atomic E-state index is 0.102. The van der Waals surface area contributed by atoms with Gasteiger partial charge in [-0.05, 0) is 37.5 Å². The van der Waals surface area contributed by atoms with Gasteiger partial charge in [0.15, 0.2) is 12.2 Å². The third-order valence-corrected chi connectivity index (χ3v) is 15.6. The number of hydrogen-bond donors (Lipinski definition) is 3. The summed E-state index contributed by atoms with van der Waals surface area (Å²) in [5.41, 5.74) is 0. The Hall–Kier alpha value is -1.94. The topological polar surface area (TPSA) is 237 Å². The average molecular weight is 1170 g/mol. The molecular formula is C60H116O17P2. The predicted octanol–water partition coefficient (Wildman–Crippen LogP) is 16.1. The molecule has 0 aromatic heterocycles. The van der Waals surface area contributed by atoms with Crippen molar-refractivity contribution in [1.82, 2.24) is 0 Å². The molecule has 3 N–H and O–H groups in total. The third-order valence-electron chi connectivity index (χ3n) is 13.7. The molecule has 2 unspecified atom stereocenters. The van der Waals surface area contributed by atoms with Crippen LogP contribution in [0.5, 0.6) is 0 Å². The molecule has 0 aliphatic rings. The maximum Gasteiger partial charge on any atom is 0.472 e. The van der Waals surface area contributed by atoms with Crippen molar-refractivity contribution in [3.05, 3.63) is 0 Å². The number of phosphoric ester groups is 2. The van der Waals surface area contributed by atoms with E-state index in [4.69, 9.17) is 37.0 Å². The Bertz CT molecular complexity index is 1560. The van der Waals surface area contributed by atoms with E-state index < -0.39 is 97.5 Å². The Morgan fingerprint density at radius 3 is 0.861 bits per heavy atom. The molecule has 0 radical (unpaired) electrons. The maximum absolute atomic E-state index is 12.9. The maximum atomic E-state index is 12.9. The van der Waals surface area contributed by atoms with Gasteiger partial charge in [0.2, 0.25) is 0 Å². The summed E-state index contributed by atoms with van der Waals surface area (Å²) in [5, 5.41) is 10.5. The summed E-state index contributed by atoms with van der Waals surface area (Å²) in [6, 6.07) is 0. The number of aliphatic hydroxyl groups excluding tert-OH is 1. The fraction of sp³-hybridized carbons (Fsp3) is 0.933. The van der Waals surface area contributed by atoms with E-state index in [-0.39, 0.29) is 25.7 Å². The van der Waals surface area contributed by atoms with Crippen molar-refractivity contribution in [1.29, 1.82) is 0 Å². The van der Waals surface area contributed by atoms with Gasteiger partial charge in [-0.3, -0.25) is 37.3 Å². The van der Waals surface area contributed by atoms with Crippen LogP contribution in [0, 0.1) is 11.8 Å². The lowest BCUT2D eigenvalue weighted by molar-refractivity contribution is -0.161. The fourth-order valence-corrected chi connectivity index (χ4v) is 10.4. The molecule has 79 heavy (non-hydrogen) atoms. The lowest BCUT2D eigenvalue weighted by atomic mass is 10.0. The van der Waals surface area contributed by atoms with Crippen molar-refractivity contribution in [2.75, 3.05) is 39.6 Å². The van der Waals surface area contributed by atoms with Crippen LogP contribution in [0.3, 0.4) is 0 Å². The number of ether oxygens (including phenoxy) is 4. The Morgan fingerprint density at radius 1 is 0.342 bits per heavy atom. The number of rotatable bonds is 59. The Morgan fingerprint density at radius 2 is 0.582 bits per heavy atom. The standard InChI is InChI=1S/C60H116O17P2/c1-7-9-11-13-15-17-19-25-32-38-44-59(64)76-55(48-70-57(62)42-36-30-24-18-16-14-12-10-8-2)50-74-78(66,67)72-46-54(61)47-73-79(68,69)75-51-56(77-60(65)45-39-33-27-21-23-29-35-41-53(5)6)49-71-58(63)43-37-31-26-20-22-28-34-40-52(3)4/h52-56,61H,7-51H2,1-6H3,(H,66,67)(H,68,69)/t54-,55+,56+/m0/s1. The van der Waals surface area contributed by atoms with Crippen LogP contribution in [0.4, 0.5) is 0 Å². The number of carbonyl (C=O) groups excluding carboxylic acids is 4. The lowest BCUT2D eigenvalue weighted by Gasteiger charge is -2.21. The Labute approximate surface area is 479 Å². The van der Waals surface area contributed by atoms with Gasteiger partial charge >= 0.3 is 39.5 Å². The van der Waals surface area contributed by atoms with E-state index in [0.717, 1.165) is 96.3 Å². The van der Waals surface area contributed by atoms with Crippen LogP contribution in [0.1, 0.15) is 292 Å². The van der Waals surface area contributed by atoms with Crippen molar-refractivity contribution in [2.24, 2.45) is 11.8 Å². The fourth-order valence-electron chi connectivity index (χ4n) is 8.82. The van der Waals surface area contributed by atoms with Crippen molar-refractivity contribution < 1.29 is 80.2 Å². The molecule has 468 valence electrons. The molecule has 0 saturated carbocycles. The molecule has 5 atom stereocenters. The SMILES string of the molecule is CCCCCCCCCCCCC(=O)O[C@H](COC(=O)CCCCCCCCCCC)COP(=O)(O)OC[C@H](O)COP(=O)(O)OC[C@@H](COC(=O)CCCCCCCCCC(C)C)OC(=O)CCCCCCCCCC(C)C. The van der Waals surface area contributed by atoms with E-state index in [1.54, 1.807) is 0 Å². The molecule has 0 rings (SSSR count). The van der Waals surface area contributed by atoms with E-state index >= 15 is 0 Å². The van der Waals surface area contributed by atoms with Gasteiger partial charge in [-0.2, -0.15) is 0 Å². The van der Waals surface area contributed by atoms with Gasteiger partial charge in [0.1, 0.15) is 19.3 Å². The number of phosphoric acid groups is 2. The zero-order valence-electron chi connectivity index (χ0n) is 50.7. The summed E-state index contributed by atoms with van der Waals surface area (Å²) in [6.45, 7) is 9.32. The molecule has 19 heteroatoms. The van der Waals surface area contributed by atoms with Gasteiger partial charge in [-0.1, -0.05) is 241 Å². The summed E-state index contributed by atoms with van der Waals surface area (Å²) in [6.07, 6.45) is 33.6. The smallest absolute Gasteiger partial charge is 0.462 e. The summed E-state index contributed by atoms with van der Waals surface area (Å²) >= 11 is 0. The monoisotopic (exact) mass is 1170 g/mol. The highest BCUT2D eigenvalue weighted by Gasteiger charge is 2.30. The minimum Gasteiger partial charge on any atom is -0.462 e. The van der Waals surface area contributed by atoms with E-state index in [9.17, 15) is 43.2 Å². The molecule has 0 heterocycles. The molecule has 0 aliphatic carbocycles. The van der Waals surface area contributed by atoms with E-state index in [1.807, 2.05) is 0 Å². The van der Waals surface area contributed by atoms with Gasteiger partial charge in [0, 0.05) is 25.7 Å². The summed E-state index contributed by atoms with van der Waals surface area (Å²) < 4.78 is 67.7. The number of unbranched alkanes of at least 4 members (excludes halogenated alkanes) is 29. The van der Waals surface area contributed by atoms with Crippen molar-refractivity contribution >= 4 is 39.5 Å². The molecule has 0 aliphatic heterocycles. The van der Waals surface area contributed by atoms with Gasteiger partial charge < -0.3 is 33.8 Å². The second kappa shape index (κ2) is 52.8. The molecule has 0 saturated heterocycles. The number of aliphatic hydroxyl groups is 1. The second-order valence-electron chi connectivity index (χ2n) is 22.7. The van der Waals surface area contributed by atoms with Crippen molar-refractivity contribution in [3.8, 4) is 0 Å². The number of carbonyl (C=O) groups is 4. The Balaban J connectivity index is 5.23. The molecule has 17 nitrogen and oxygen atoms in total. The van der Waals surface area contributed by atoms with Crippen LogP contribution >= 0.6 is 15.6 Å².